The number of amides is 2. The Labute approximate surface area is 410 Å². The number of ether oxygens (including phenoxy) is 3. The number of carboxylic acid groups (broad SMARTS) is 2. The Hall–Kier alpha value is -6.36. The van der Waals surface area contributed by atoms with Gasteiger partial charge in [-0.2, -0.15) is 28.4 Å². The molecule has 3 aromatic carbocycles. The second-order valence-electron chi connectivity index (χ2n) is 13.0. The highest BCUT2D eigenvalue weighted by molar-refractivity contribution is 14.1. The number of anilines is 1. The van der Waals surface area contributed by atoms with Crippen LogP contribution in [0, 0.1) is 23.2 Å². The highest BCUT2D eigenvalue weighted by Crippen LogP contribution is 2.30. The van der Waals surface area contributed by atoms with E-state index < -0.39 is 74.5 Å². The van der Waals surface area contributed by atoms with E-state index in [1.807, 2.05) is 22.6 Å². The number of sulfonamides is 1. The predicted molar refractivity (Wildman–Crippen MR) is 245 cm³/mol. The second kappa shape index (κ2) is 24.1. The van der Waals surface area contributed by atoms with Crippen molar-refractivity contribution in [2.45, 2.75) is 44.0 Å². The van der Waals surface area contributed by atoms with Crippen LogP contribution in [0.25, 0.3) is 16.6 Å². The van der Waals surface area contributed by atoms with Gasteiger partial charge in [-0.15, -0.1) is 16.7 Å². The monoisotopic (exact) mass is 1140 g/mol. The summed E-state index contributed by atoms with van der Waals surface area (Å²) < 4.78 is 82.4. The van der Waals surface area contributed by atoms with Crippen LogP contribution in [-0.4, -0.2) is 103 Å². The van der Waals surface area contributed by atoms with Crippen molar-refractivity contribution in [3.63, 3.8) is 0 Å². The number of aromatic carboxylic acids is 1. The maximum atomic E-state index is 14.2. The SMILES string of the molecule is CCOC(=O)C(Cl)Cc1cc(-n2nc(C)n(C(F)F)c2=O)c(F)cc1Cl.COc1nc(C)nc(NC(=O)NS(=O)(=O)c2cc(I)ccc2C(=O)O)n1.O=C(O)COc1ccc(Cl)c2cccnc12. The Morgan fingerprint density at radius 2 is 1.69 bits per heavy atom. The van der Waals surface area contributed by atoms with Gasteiger partial charge in [-0.05, 0) is 104 Å². The Morgan fingerprint density at radius 1 is 0.985 bits per heavy atom. The van der Waals surface area contributed by atoms with Gasteiger partial charge in [-0.3, -0.25) is 15.1 Å². The molecule has 6 aromatic rings. The van der Waals surface area contributed by atoms with Crippen LogP contribution < -0.4 is 25.2 Å². The molecule has 362 valence electrons. The van der Waals surface area contributed by atoms with Crippen LogP contribution in [-0.2, 0) is 30.8 Å². The summed E-state index contributed by atoms with van der Waals surface area (Å²) in [5.74, 6) is -3.97. The zero-order chi connectivity index (χ0) is 50.6. The third-order valence-electron chi connectivity index (χ3n) is 8.32. The van der Waals surface area contributed by atoms with Gasteiger partial charge < -0.3 is 24.4 Å². The van der Waals surface area contributed by atoms with Crippen LogP contribution in [0.4, 0.5) is 23.9 Å². The third-order valence-corrected chi connectivity index (χ3v) is 11.4. The molecule has 3 aromatic heterocycles. The maximum absolute atomic E-state index is 14.2. The van der Waals surface area contributed by atoms with Gasteiger partial charge in [0, 0.05) is 26.6 Å². The summed E-state index contributed by atoms with van der Waals surface area (Å²) in [6.45, 7) is 0.932. The topological polar surface area (TPSA) is 286 Å². The number of aryl methyl sites for hydroxylation is 2. The average molecular weight is 1140 g/mol. The number of nitrogens with zero attached hydrogens (tertiary/aromatic N) is 7. The predicted octanol–water partition coefficient (Wildman–Crippen LogP) is 6.60. The van der Waals surface area contributed by atoms with Gasteiger partial charge in [0.15, 0.2) is 12.4 Å². The molecule has 0 aliphatic rings. The number of hydrogen-bond acceptors (Lipinski definition) is 15. The third kappa shape index (κ3) is 14.3. The molecule has 29 heteroatoms. The Kier molecular flexibility index (Phi) is 19.2. The number of hydrogen-bond donors (Lipinski definition) is 4. The number of aromatic nitrogens is 7. The highest BCUT2D eigenvalue weighted by atomic mass is 127. The van der Waals surface area contributed by atoms with Gasteiger partial charge in [0.25, 0.3) is 10.0 Å². The lowest BCUT2D eigenvalue weighted by molar-refractivity contribution is -0.142. The number of benzene rings is 3. The minimum absolute atomic E-state index is 0.0424. The van der Waals surface area contributed by atoms with Crippen LogP contribution in [0.5, 0.6) is 11.8 Å². The number of esters is 1. The lowest BCUT2D eigenvalue weighted by Crippen LogP contribution is -2.35. The van der Waals surface area contributed by atoms with Gasteiger partial charge in [-0.25, -0.2) is 41.3 Å². The van der Waals surface area contributed by atoms with Crippen molar-refractivity contribution in [3.05, 3.63) is 113 Å². The molecular weight excluding hydrogens is 1110 g/mol. The molecule has 6 rings (SSSR count). The molecule has 1 unspecified atom stereocenters. The van der Waals surface area contributed by atoms with Gasteiger partial charge >= 0.3 is 42.2 Å². The molecule has 2 amide bonds. The molecule has 0 spiro atoms. The minimum Gasteiger partial charge on any atom is -0.480 e. The molecule has 0 aliphatic heterocycles. The average Bonchev–Trinajstić information content (AvgIpc) is 3.56. The summed E-state index contributed by atoms with van der Waals surface area (Å²) in [7, 11) is -3.14. The number of carbonyl (C=O) groups is 4. The number of pyridine rings is 1. The van der Waals surface area contributed by atoms with Crippen LogP contribution in [0.1, 0.15) is 41.0 Å². The first-order chi connectivity index (χ1) is 32.0. The smallest absolute Gasteiger partial charge is 0.355 e. The van der Waals surface area contributed by atoms with Crippen LogP contribution in [0.15, 0.2) is 70.5 Å². The molecular formula is C39H34Cl3F3IN9O12S. The zero-order valence-electron chi connectivity index (χ0n) is 35.2. The first-order valence-corrected chi connectivity index (χ1v) is 22.5. The summed E-state index contributed by atoms with van der Waals surface area (Å²) >= 11 is 19.7. The molecule has 1 atom stereocenters. The van der Waals surface area contributed by atoms with E-state index in [2.05, 4.69) is 30.4 Å². The number of urea groups is 1. The molecule has 3 heterocycles. The van der Waals surface area contributed by atoms with Crippen molar-refractivity contribution in [1.29, 1.82) is 0 Å². The maximum Gasteiger partial charge on any atom is 0.355 e. The van der Waals surface area contributed by atoms with E-state index in [0.717, 1.165) is 29.7 Å². The standard InChI is InChI=1S/C15H14Cl2F3N3O3.C13H12IN5O6S.C11H8ClNO3/c1-3-26-13(24)10(17)4-8-5-12(11(18)6-9(8)16)23-15(25)22(14(19)20)7(2)21-23;1-6-15-11(18-13(16-6)25-2)17-12(22)19-26(23,24)9-5-7(14)3-4-8(9)10(20)21;12-8-3-4-9(16-6-10(14)15)11-7(8)2-1-5-13-11/h5-6,10,14H,3-4H2,1-2H3;3-5H,1-2H3,(H,20,21)(H2,15,16,17,18,19,22);1-5H,6H2,(H,14,15). The van der Waals surface area contributed by atoms with Crippen molar-refractivity contribution >= 4 is 108 Å². The van der Waals surface area contributed by atoms with Gasteiger partial charge in [0.1, 0.15) is 38.9 Å². The second-order valence-corrected chi connectivity index (χ2v) is 17.3. The summed E-state index contributed by atoms with van der Waals surface area (Å²) in [5, 5.41) is 23.6. The number of fused-ring (bicyclic) bond motifs is 1. The first kappa shape index (κ1) is 54.2. The lowest BCUT2D eigenvalue weighted by Gasteiger charge is -2.12. The van der Waals surface area contributed by atoms with Gasteiger partial charge in [-0.1, -0.05) is 23.2 Å². The van der Waals surface area contributed by atoms with Crippen LogP contribution in [0.3, 0.4) is 0 Å². The largest absolute Gasteiger partial charge is 0.480 e. The highest BCUT2D eigenvalue weighted by Gasteiger charge is 2.26. The molecule has 0 fully saturated rings. The minimum atomic E-state index is -4.45. The quantitative estimate of drug-likeness (QED) is 0.0508. The summed E-state index contributed by atoms with van der Waals surface area (Å²) in [5.41, 5.74) is -1.27. The summed E-state index contributed by atoms with van der Waals surface area (Å²) in [6, 6.07) is 11.3. The van der Waals surface area contributed by atoms with E-state index in [4.69, 9.17) is 59.2 Å². The number of halogens is 7. The van der Waals surface area contributed by atoms with Crippen molar-refractivity contribution in [2.75, 3.05) is 25.6 Å². The molecule has 0 saturated carbocycles. The summed E-state index contributed by atoms with van der Waals surface area (Å²) in [6.07, 6.45) is 1.49. The van der Waals surface area contributed by atoms with Crippen LogP contribution >= 0.6 is 57.4 Å². The molecule has 0 aliphatic carbocycles. The molecule has 0 radical (unpaired) electrons. The van der Waals surface area contributed by atoms with E-state index in [1.165, 1.54) is 27.0 Å². The fourth-order valence-electron chi connectivity index (χ4n) is 5.44. The number of carbonyl (C=O) groups excluding carboxylic acids is 2. The fourth-order valence-corrected chi connectivity index (χ4v) is 7.94. The van der Waals surface area contributed by atoms with E-state index >= 15 is 0 Å². The molecule has 21 nitrogen and oxygen atoms in total. The van der Waals surface area contributed by atoms with E-state index in [1.54, 1.807) is 42.1 Å². The number of alkyl halides is 3. The van der Waals surface area contributed by atoms with E-state index in [9.17, 15) is 45.6 Å². The van der Waals surface area contributed by atoms with Crippen molar-refractivity contribution in [1.82, 2.24) is 39.0 Å². The van der Waals surface area contributed by atoms with Crippen LogP contribution in [0.2, 0.25) is 10.0 Å². The lowest BCUT2D eigenvalue weighted by atomic mass is 10.1. The molecule has 0 bridgehead atoms. The zero-order valence-corrected chi connectivity index (χ0v) is 40.5. The number of carboxylic acids is 2. The fraction of sp³-hybridized carbons (Fsp3) is 0.231. The summed E-state index contributed by atoms with van der Waals surface area (Å²) in [4.78, 5) is 72.3. The van der Waals surface area contributed by atoms with Gasteiger partial charge in [0.2, 0.25) is 5.95 Å². The van der Waals surface area contributed by atoms with Gasteiger partial charge in [0.05, 0.1) is 24.3 Å². The number of nitrogens with one attached hydrogen (secondary N) is 2. The van der Waals surface area contributed by atoms with E-state index in [-0.39, 0.29) is 57.5 Å². The van der Waals surface area contributed by atoms with Crippen molar-refractivity contribution in [2.24, 2.45) is 0 Å². The normalized spacial score (nSPS) is 11.4. The Bertz CT molecular complexity index is 3040. The molecule has 0 saturated heterocycles. The number of rotatable bonds is 14. The van der Waals surface area contributed by atoms with Crippen molar-refractivity contribution < 1.29 is 65.2 Å². The molecule has 68 heavy (non-hydrogen) atoms. The molecule has 4 N–H and O–H groups in total. The van der Waals surface area contributed by atoms with Crippen molar-refractivity contribution in [3.8, 4) is 17.4 Å². The first-order valence-electron chi connectivity index (χ1n) is 18.7. The Morgan fingerprint density at radius 3 is 2.31 bits per heavy atom. The number of methoxy groups -OCH3 is 1. The Balaban J connectivity index is 0.000000229. The number of aliphatic carboxylic acids is 1. The van der Waals surface area contributed by atoms with E-state index in [0.29, 0.717) is 24.5 Å².